The van der Waals surface area contributed by atoms with E-state index < -0.39 is 0 Å². The average molecular weight is 283 g/mol. The molecular weight excluding hydrogens is 254 g/mol. The Kier molecular flexibility index (Phi) is 5.85. The molecular formula is C16H29NO3. The fourth-order valence-corrected chi connectivity index (χ4v) is 3.68. The van der Waals surface area contributed by atoms with Gasteiger partial charge in [-0.1, -0.05) is 12.8 Å². The smallest absolute Gasteiger partial charge is 0.307 e. The molecule has 0 radical (unpaired) electrons. The Labute approximate surface area is 122 Å². The predicted octanol–water partition coefficient (Wildman–Crippen LogP) is 2.75. The van der Waals surface area contributed by atoms with Gasteiger partial charge in [0, 0.05) is 12.1 Å². The van der Waals surface area contributed by atoms with Crippen LogP contribution in [-0.2, 0) is 14.3 Å². The summed E-state index contributed by atoms with van der Waals surface area (Å²) in [6, 6.07) is 0. The molecule has 2 aliphatic rings. The van der Waals surface area contributed by atoms with E-state index in [1.54, 1.807) is 0 Å². The maximum atomic E-state index is 12.0. The van der Waals surface area contributed by atoms with Gasteiger partial charge in [-0.05, 0) is 52.6 Å². The number of hydrogen-bond donors (Lipinski definition) is 0. The standard InChI is InChI=1S/C16H29NO3/c1-3-19-14-11-16(12-14,13-15(18)20-4-2)17-9-7-5-6-8-10-17/h14H,3-13H2,1-2H3. The first kappa shape index (κ1) is 15.8. The Hall–Kier alpha value is -0.610. The van der Waals surface area contributed by atoms with Gasteiger partial charge in [0.05, 0.1) is 19.1 Å². The number of likely N-dealkylation sites (tertiary alicyclic amines) is 1. The highest BCUT2D eigenvalue weighted by molar-refractivity contribution is 5.71. The molecule has 4 heteroatoms. The fourth-order valence-electron chi connectivity index (χ4n) is 3.68. The summed E-state index contributed by atoms with van der Waals surface area (Å²) >= 11 is 0. The van der Waals surface area contributed by atoms with Gasteiger partial charge in [0.1, 0.15) is 0 Å². The van der Waals surface area contributed by atoms with E-state index >= 15 is 0 Å². The molecule has 2 rings (SSSR count). The third-order valence-electron chi connectivity index (χ3n) is 4.67. The zero-order valence-corrected chi connectivity index (χ0v) is 13.0. The summed E-state index contributed by atoms with van der Waals surface area (Å²) in [7, 11) is 0. The van der Waals surface area contributed by atoms with Gasteiger partial charge in [-0.2, -0.15) is 0 Å². The van der Waals surface area contributed by atoms with E-state index in [0.29, 0.717) is 19.1 Å². The van der Waals surface area contributed by atoms with Crippen molar-refractivity contribution >= 4 is 5.97 Å². The van der Waals surface area contributed by atoms with E-state index in [4.69, 9.17) is 9.47 Å². The van der Waals surface area contributed by atoms with Gasteiger partial charge in [0.2, 0.25) is 0 Å². The molecule has 1 saturated heterocycles. The Morgan fingerprint density at radius 1 is 1.10 bits per heavy atom. The number of esters is 1. The van der Waals surface area contributed by atoms with Crippen molar-refractivity contribution in [2.24, 2.45) is 0 Å². The van der Waals surface area contributed by atoms with Gasteiger partial charge in [0.15, 0.2) is 0 Å². The second-order valence-corrected chi connectivity index (χ2v) is 6.09. The molecule has 0 N–H and O–H groups in total. The van der Waals surface area contributed by atoms with E-state index in [2.05, 4.69) is 4.90 Å². The van der Waals surface area contributed by atoms with Crippen LogP contribution in [0.25, 0.3) is 0 Å². The minimum atomic E-state index is -0.0494. The maximum absolute atomic E-state index is 12.0. The van der Waals surface area contributed by atoms with E-state index in [1.807, 2.05) is 13.8 Å². The summed E-state index contributed by atoms with van der Waals surface area (Å²) < 4.78 is 10.9. The van der Waals surface area contributed by atoms with E-state index in [9.17, 15) is 4.79 Å². The van der Waals surface area contributed by atoms with Crippen LogP contribution in [0.4, 0.5) is 0 Å². The lowest BCUT2D eigenvalue weighted by atomic mass is 9.70. The third kappa shape index (κ3) is 3.73. The van der Waals surface area contributed by atoms with Crippen molar-refractivity contribution in [3.8, 4) is 0 Å². The monoisotopic (exact) mass is 283 g/mol. The molecule has 0 aromatic rings. The molecule has 1 saturated carbocycles. The number of hydrogen-bond acceptors (Lipinski definition) is 4. The molecule has 20 heavy (non-hydrogen) atoms. The van der Waals surface area contributed by atoms with Crippen LogP contribution >= 0.6 is 0 Å². The highest BCUT2D eigenvalue weighted by Gasteiger charge is 2.50. The van der Waals surface area contributed by atoms with Crippen molar-refractivity contribution in [2.75, 3.05) is 26.3 Å². The highest BCUT2D eigenvalue weighted by Crippen LogP contribution is 2.43. The molecule has 0 atom stereocenters. The van der Waals surface area contributed by atoms with Gasteiger partial charge in [-0.15, -0.1) is 0 Å². The maximum Gasteiger partial charge on any atom is 0.307 e. The van der Waals surface area contributed by atoms with Gasteiger partial charge in [0.25, 0.3) is 0 Å². The van der Waals surface area contributed by atoms with Crippen LogP contribution in [0.5, 0.6) is 0 Å². The van der Waals surface area contributed by atoms with Gasteiger partial charge < -0.3 is 9.47 Å². The summed E-state index contributed by atoms with van der Waals surface area (Å²) in [5.41, 5.74) is 0.0103. The molecule has 0 bridgehead atoms. The van der Waals surface area contributed by atoms with E-state index in [0.717, 1.165) is 32.5 Å². The van der Waals surface area contributed by atoms with E-state index in [1.165, 1.54) is 25.7 Å². The van der Waals surface area contributed by atoms with Crippen molar-refractivity contribution in [1.82, 2.24) is 4.90 Å². The number of nitrogens with zero attached hydrogens (tertiary/aromatic N) is 1. The number of ether oxygens (including phenoxy) is 2. The molecule has 0 amide bonds. The van der Waals surface area contributed by atoms with Crippen LogP contribution in [0.3, 0.4) is 0 Å². The highest BCUT2D eigenvalue weighted by atomic mass is 16.5. The molecule has 0 aromatic heterocycles. The minimum absolute atomic E-state index is 0.0103. The lowest BCUT2D eigenvalue weighted by Gasteiger charge is -2.53. The molecule has 1 heterocycles. The molecule has 0 unspecified atom stereocenters. The second kappa shape index (κ2) is 7.41. The van der Waals surface area contributed by atoms with Crippen LogP contribution in [0.15, 0.2) is 0 Å². The molecule has 4 nitrogen and oxygen atoms in total. The fraction of sp³-hybridized carbons (Fsp3) is 0.938. The first-order valence-corrected chi connectivity index (χ1v) is 8.22. The predicted molar refractivity (Wildman–Crippen MR) is 78.7 cm³/mol. The molecule has 1 aliphatic heterocycles. The lowest BCUT2D eigenvalue weighted by molar-refractivity contribution is -0.156. The Bertz CT molecular complexity index is 305. The molecule has 0 aromatic carbocycles. The number of carbonyl (C=O) groups excluding carboxylic acids is 1. The first-order valence-electron chi connectivity index (χ1n) is 8.22. The topological polar surface area (TPSA) is 38.8 Å². The summed E-state index contributed by atoms with van der Waals surface area (Å²) in [4.78, 5) is 14.5. The normalized spacial score (nSPS) is 31.4. The Morgan fingerprint density at radius 2 is 1.75 bits per heavy atom. The molecule has 0 spiro atoms. The SMILES string of the molecule is CCOC(=O)CC1(N2CCCCCC2)CC(OCC)C1. The molecule has 1 aliphatic carbocycles. The zero-order chi connectivity index (χ0) is 14.4. The van der Waals surface area contributed by atoms with Crippen molar-refractivity contribution in [3.63, 3.8) is 0 Å². The van der Waals surface area contributed by atoms with Crippen LogP contribution < -0.4 is 0 Å². The Balaban J connectivity index is 1.98. The quantitative estimate of drug-likeness (QED) is 0.703. The number of carbonyl (C=O) groups is 1. The van der Waals surface area contributed by atoms with Crippen LogP contribution in [0.2, 0.25) is 0 Å². The average Bonchev–Trinajstić information content (AvgIpc) is 2.65. The summed E-state index contributed by atoms with van der Waals surface area (Å²) in [5, 5.41) is 0. The van der Waals surface area contributed by atoms with Crippen LogP contribution in [-0.4, -0.2) is 48.8 Å². The van der Waals surface area contributed by atoms with Crippen molar-refractivity contribution in [1.29, 1.82) is 0 Å². The summed E-state index contributed by atoms with van der Waals surface area (Å²) in [6.07, 6.45) is 7.98. The van der Waals surface area contributed by atoms with Gasteiger partial charge in [-0.3, -0.25) is 9.69 Å². The van der Waals surface area contributed by atoms with E-state index in [-0.39, 0.29) is 11.5 Å². The lowest BCUT2D eigenvalue weighted by Crippen LogP contribution is -2.61. The third-order valence-corrected chi connectivity index (χ3v) is 4.67. The second-order valence-electron chi connectivity index (χ2n) is 6.09. The zero-order valence-electron chi connectivity index (χ0n) is 13.0. The van der Waals surface area contributed by atoms with Crippen LogP contribution in [0.1, 0.15) is 58.8 Å². The van der Waals surface area contributed by atoms with Gasteiger partial charge >= 0.3 is 5.97 Å². The number of rotatable bonds is 6. The molecule has 116 valence electrons. The first-order chi connectivity index (χ1) is 9.70. The largest absolute Gasteiger partial charge is 0.466 e. The minimum Gasteiger partial charge on any atom is -0.466 e. The van der Waals surface area contributed by atoms with Crippen LogP contribution in [0, 0.1) is 0 Å². The van der Waals surface area contributed by atoms with Crippen molar-refractivity contribution < 1.29 is 14.3 Å². The summed E-state index contributed by atoms with van der Waals surface area (Å²) in [5.74, 6) is -0.0494. The Morgan fingerprint density at radius 3 is 2.30 bits per heavy atom. The van der Waals surface area contributed by atoms with Crippen molar-refractivity contribution in [2.45, 2.75) is 70.4 Å². The molecule has 2 fully saturated rings. The summed E-state index contributed by atoms with van der Waals surface area (Å²) in [6.45, 7) is 7.40. The van der Waals surface area contributed by atoms with Crippen molar-refractivity contribution in [3.05, 3.63) is 0 Å². The van der Waals surface area contributed by atoms with Gasteiger partial charge in [-0.25, -0.2) is 0 Å².